The second-order valence-corrected chi connectivity index (χ2v) is 7.15. The average molecular weight is 426 g/mol. The van der Waals surface area contributed by atoms with Gasteiger partial charge in [-0.3, -0.25) is 9.78 Å². The predicted molar refractivity (Wildman–Crippen MR) is 111 cm³/mol. The quantitative estimate of drug-likeness (QED) is 0.602. The van der Waals surface area contributed by atoms with Crippen LogP contribution in [0.4, 0.5) is 20.3 Å². The fraction of sp³-hybridized carbons (Fsp3) is 0.227. The number of amides is 1. The Kier molecular flexibility index (Phi) is 6.03. The summed E-state index contributed by atoms with van der Waals surface area (Å²) in [6, 6.07) is 11.1. The van der Waals surface area contributed by atoms with E-state index in [0.29, 0.717) is 24.3 Å². The van der Waals surface area contributed by atoms with E-state index in [1.807, 2.05) is 17.0 Å². The fourth-order valence-corrected chi connectivity index (χ4v) is 3.35. The molecule has 3 heterocycles. The number of benzene rings is 1. The van der Waals surface area contributed by atoms with E-state index in [2.05, 4.69) is 20.0 Å². The van der Waals surface area contributed by atoms with Gasteiger partial charge in [0.1, 0.15) is 11.6 Å². The van der Waals surface area contributed by atoms with Crippen molar-refractivity contribution < 1.29 is 23.4 Å². The second-order valence-electron chi connectivity index (χ2n) is 7.15. The van der Waals surface area contributed by atoms with Gasteiger partial charge in [-0.1, -0.05) is 6.07 Å². The first-order chi connectivity index (χ1) is 15.0. The molecule has 9 heteroatoms. The van der Waals surface area contributed by atoms with Crippen molar-refractivity contribution in [3.63, 3.8) is 0 Å². The molecular formula is C22H20F2N4O3. The highest BCUT2D eigenvalue weighted by Crippen LogP contribution is 2.33. The van der Waals surface area contributed by atoms with Crippen molar-refractivity contribution in [1.82, 2.24) is 9.97 Å². The van der Waals surface area contributed by atoms with E-state index in [-0.39, 0.29) is 24.2 Å². The Morgan fingerprint density at radius 2 is 2.00 bits per heavy atom. The Hall–Kier alpha value is -3.59. The molecule has 1 aliphatic heterocycles. The van der Waals surface area contributed by atoms with Crippen LogP contribution in [-0.2, 0) is 0 Å². The summed E-state index contributed by atoms with van der Waals surface area (Å²) in [5.41, 5.74) is 2.36. The Morgan fingerprint density at radius 3 is 2.65 bits per heavy atom. The fourth-order valence-electron chi connectivity index (χ4n) is 3.35. The summed E-state index contributed by atoms with van der Waals surface area (Å²) in [5.74, 6) is 0.559. The molecule has 1 aromatic carbocycles. The lowest BCUT2D eigenvalue weighted by Crippen LogP contribution is -2.49. The number of aliphatic hydroxyl groups excluding tert-OH is 1. The number of nitrogens with one attached hydrogen (secondary N) is 1. The SMILES string of the molecule is O=C(Nc1ccc(OC(F)F)cc1)c1cnc(N2CC(CO)C2)c(-c2cccnc2)c1. The highest BCUT2D eigenvalue weighted by atomic mass is 19.3. The highest BCUT2D eigenvalue weighted by Gasteiger charge is 2.29. The van der Waals surface area contributed by atoms with Gasteiger partial charge < -0.3 is 20.1 Å². The van der Waals surface area contributed by atoms with Gasteiger partial charge in [-0.25, -0.2) is 4.98 Å². The zero-order chi connectivity index (χ0) is 21.8. The standard InChI is InChI=1S/C22H20F2N4O3/c23-22(24)31-18-5-3-17(4-6-18)27-21(30)16-8-19(15-2-1-7-25-9-15)20(26-10-16)28-11-14(12-28)13-29/h1-10,14,22,29H,11-13H2,(H,27,30). The minimum atomic E-state index is -2.91. The van der Waals surface area contributed by atoms with Gasteiger partial charge in [0.2, 0.25) is 0 Å². The summed E-state index contributed by atoms with van der Waals surface area (Å²) in [5, 5.41) is 12.0. The van der Waals surface area contributed by atoms with E-state index >= 15 is 0 Å². The molecule has 0 bridgehead atoms. The maximum Gasteiger partial charge on any atom is 0.387 e. The normalized spacial score (nSPS) is 13.7. The lowest BCUT2D eigenvalue weighted by Gasteiger charge is -2.40. The van der Waals surface area contributed by atoms with Gasteiger partial charge in [-0.2, -0.15) is 8.78 Å². The number of anilines is 2. The third kappa shape index (κ3) is 4.77. The smallest absolute Gasteiger partial charge is 0.387 e. The number of pyridine rings is 2. The van der Waals surface area contributed by atoms with Crippen molar-refractivity contribution in [1.29, 1.82) is 0 Å². The molecule has 7 nitrogen and oxygen atoms in total. The third-order valence-electron chi connectivity index (χ3n) is 4.95. The summed E-state index contributed by atoms with van der Waals surface area (Å²) in [6.07, 6.45) is 4.86. The lowest BCUT2D eigenvalue weighted by atomic mass is 9.98. The van der Waals surface area contributed by atoms with E-state index < -0.39 is 6.61 Å². The molecule has 31 heavy (non-hydrogen) atoms. The van der Waals surface area contributed by atoms with Crippen LogP contribution in [0.2, 0.25) is 0 Å². The van der Waals surface area contributed by atoms with Crippen molar-refractivity contribution >= 4 is 17.4 Å². The number of halogens is 2. The molecule has 2 aromatic heterocycles. The van der Waals surface area contributed by atoms with Crippen LogP contribution in [-0.4, -0.2) is 47.3 Å². The molecule has 1 fully saturated rings. The predicted octanol–water partition coefficient (Wildman–Crippen LogP) is 3.43. The molecule has 1 aliphatic rings. The largest absolute Gasteiger partial charge is 0.435 e. The second kappa shape index (κ2) is 9.05. The van der Waals surface area contributed by atoms with Crippen molar-refractivity contribution in [2.75, 3.05) is 29.9 Å². The first-order valence-corrected chi connectivity index (χ1v) is 9.66. The molecule has 1 saturated heterocycles. The molecular weight excluding hydrogens is 406 g/mol. The van der Waals surface area contributed by atoms with Crippen LogP contribution in [0.5, 0.6) is 5.75 Å². The summed E-state index contributed by atoms with van der Waals surface area (Å²) >= 11 is 0. The maximum atomic E-state index is 12.8. The highest BCUT2D eigenvalue weighted by molar-refractivity contribution is 6.05. The van der Waals surface area contributed by atoms with Crippen molar-refractivity contribution in [2.24, 2.45) is 5.92 Å². The minimum absolute atomic E-state index is 0.00798. The molecule has 4 rings (SSSR count). The number of ether oxygens (including phenoxy) is 1. The van der Waals surface area contributed by atoms with Crippen molar-refractivity contribution in [3.05, 3.63) is 66.6 Å². The van der Waals surface area contributed by atoms with Gasteiger partial charge >= 0.3 is 6.61 Å². The number of carbonyl (C=O) groups is 1. The summed E-state index contributed by atoms with van der Waals surface area (Å²) in [7, 11) is 0. The van der Waals surface area contributed by atoms with Crippen LogP contribution in [0.3, 0.4) is 0 Å². The molecule has 0 unspecified atom stereocenters. The Labute approximate surface area is 177 Å². The summed E-state index contributed by atoms with van der Waals surface area (Å²) in [6.45, 7) is -1.40. The third-order valence-corrected chi connectivity index (χ3v) is 4.95. The average Bonchev–Trinajstić information content (AvgIpc) is 2.75. The van der Waals surface area contributed by atoms with Gasteiger partial charge in [0.15, 0.2) is 0 Å². The van der Waals surface area contributed by atoms with E-state index in [0.717, 1.165) is 16.9 Å². The van der Waals surface area contributed by atoms with E-state index in [4.69, 9.17) is 0 Å². The van der Waals surface area contributed by atoms with Crippen LogP contribution in [0.25, 0.3) is 11.1 Å². The van der Waals surface area contributed by atoms with Gasteiger partial charge in [-0.15, -0.1) is 0 Å². The van der Waals surface area contributed by atoms with Gasteiger partial charge in [0.25, 0.3) is 5.91 Å². The number of hydrogen-bond acceptors (Lipinski definition) is 6. The Morgan fingerprint density at radius 1 is 1.23 bits per heavy atom. The topological polar surface area (TPSA) is 87.6 Å². The number of nitrogens with zero attached hydrogens (tertiary/aromatic N) is 3. The van der Waals surface area contributed by atoms with E-state index in [1.54, 1.807) is 18.5 Å². The van der Waals surface area contributed by atoms with Crippen LogP contribution in [0.15, 0.2) is 61.1 Å². The molecule has 0 spiro atoms. The number of aliphatic hydroxyl groups is 1. The van der Waals surface area contributed by atoms with Crippen LogP contribution in [0, 0.1) is 5.92 Å². The lowest BCUT2D eigenvalue weighted by molar-refractivity contribution is -0.0498. The molecule has 0 atom stereocenters. The van der Waals surface area contributed by atoms with Crippen LogP contribution >= 0.6 is 0 Å². The Balaban J connectivity index is 1.56. The summed E-state index contributed by atoms with van der Waals surface area (Å²) < 4.78 is 28.9. The number of carbonyl (C=O) groups excluding carboxylic acids is 1. The van der Waals surface area contributed by atoms with Gasteiger partial charge in [0.05, 0.1) is 5.56 Å². The van der Waals surface area contributed by atoms with Gasteiger partial charge in [-0.05, 0) is 36.4 Å². The van der Waals surface area contributed by atoms with Crippen LogP contribution in [0.1, 0.15) is 10.4 Å². The molecule has 160 valence electrons. The zero-order valence-electron chi connectivity index (χ0n) is 16.4. The molecule has 0 aliphatic carbocycles. The summed E-state index contributed by atoms with van der Waals surface area (Å²) in [4.78, 5) is 23.5. The van der Waals surface area contributed by atoms with Gasteiger partial charge in [0, 0.05) is 61.0 Å². The number of hydrogen-bond donors (Lipinski definition) is 2. The molecule has 2 N–H and O–H groups in total. The maximum absolute atomic E-state index is 12.8. The zero-order valence-corrected chi connectivity index (χ0v) is 16.4. The molecule has 0 radical (unpaired) electrons. The number of alkyl halides is 2. The Bertz CT molecular complexity index is 1040. The molecule has 0 saturated carbocycles. The first kappa shape index (κ1) is 20.7. The molecule has 3 aromatic rings. The monoisotopic (exact) mass is 426 g/mol. The first-order valence-electron chi connectivity index (χ1n) is 9.66. The number of aromatic nitrogens is 2. The van der Waals surface area contributed by atoms with Crippen LogP contribution < -0.4 is 15.0 Å². The molecule has 1 amide bonds. The van der Waals surface area contributed by atoms with E-state index in [9.17, 15) is 18.7 Å². The van der Waals surface area contributed by atoms with Crippen molar-refractivity contribution in [3.8, 4) is 16.9 Å². The number of rotatable bonds is 7. The minimum Gasteiger partial charge on any atom is -0.435 e. The van der Waals surface area contributed by atoms with E-state index in [1.165, 1.54) is 30.5 Å². The van der Waals surface area contributed by atoms with Crippen molar-refractivity contribution in [2.45, 2.75) is 6.61 Å².